The van der Waals surface area contributed by atoms with Crippen LogP contribution in [0, 0.1) is 0 Å². The maximum absolute atomic E-state index is 13.4. The highest BCUT2D eigenvalue weighted by atomic mass is 32.2. The molecule has 1 fully saturated rings. The highest BCUT2D eigenvalue weighted by molar-refractivity contribution is 8.01. The smallest absolute Gasteiger partial charge is 0.407 e. The van der Waals surface area contributed by atoms with Crippen molar-refractivity contribution >= 4 is 76.0 Å². The monoisotopic (exact) mass is 694 g/mol. The highest BCUT2D eigenvalue weighted by Crippen LogP contribution is 2.41. The van der Waals surface area contributed by atoms with E-state index in [0.717, 1.165) is 16.2 Å². The van der Waals surface area contributed by atoms with Gasteiger partial charge in [-0.3, -0.25) is 19.3 Å². The van der Waals surface area contributed by atoms with Gasteiger partial charge in [0.1, 0.15) is 35.0 Å². The standard InChI is InChI=1S/C25H30N10O8S3/c1-5-7-34-23(30-32-33-34)46-10-13-9-44-20-16(19(38)35(20)17(13)21(39)40)29-18(37)15(14-11-45-22(28-14)27-12-36)31-42-8-6-26-24(41)43-25(2,3)4/h5,11-12,16,20H,1,6-10H2,2-4H3,(H,26,41)(H,29,37)(H,39,40)(H,27,28,36)/b31-15+/t16?,20-/m1/s1. The van der Waals surface area contributed by atoms with Gasteiger partial charge in [-0.2, -0.15) is 0 Å². The first-order chi connectivity index (χ1) is 21.9. The molecule has 246 valence electrons. The number of carbonyl (C=O) groups excluding carboxylic acids is 4. The Kier molecular flexibility index (Phi) is 11.4. The second kappa shape index (κ2) is 15.2. The third-order valence-corrected chi connectivity index (χ3v) is 9.03. The maximum atomic E-state index is 13.4. The average Bonchev–Trinajstić information content (AvgIpc) is 3.64. The zero-order valence-electron chi connectivity index (χ0n) is 24.8. The van der Waals surface area contributed by atoms with Gasteiger partial charge in [-0.1, -0.05) is 23.0 Å². The molecule has 0 spiro atoms. The molecule has 4 amide bonds. The van der Waals surface area contributed by atoms with Crippen LogP contribution in [0.2, 0.25) is 0 Å². The summed E-state index contributed by atoms with van der Waals surface area (Å²) in [6.45, 7) is 9.04. The van der Waals surface area contributed by atoms with Gasteiger partial charge in [0.25, 0.3) is 11.8 Å². The van der Waals surface area contributed by atoms with Crippen LogP contribution in [0.5, 0.6) is 0 Å². The summed E-state index contributed by atoms with van der Waals surface area (Å²) in [5.41, 5.74) is -0.602. The lowest BCUT2D eigenvalue weighted by molar-refractivity contribution is -0.150. The molecule has 4 rings (SSSR count). The Bertz CT molecular complexity index is 1570. The van der Waals surface area contributed by atoms with E-state index in [1.807, 2.05) is 0 Å². The van der Waals surface area contributed by atoms with Crippen molar-refractivity contribution in [1.82, 2.24) is 40.7 Å². The maximum Gasteiger partial charge on any atom is 0.407 e. The molecular weight excluding hydrogens is 665 g/mol. The third-order valence-electron chi connectivity index (χ3n) is 5.87. The number of carboxylic acid groups (broad SMARTS) is 1. The van der Waals surface area contributed by atoms with E-state index in [4.69, 9.17) is 9.57 Å². The number of carboxylic acids is 1. The van der Waals surface area contributed by atoms with E-state index in [1.165, 1.54) is 33.6 Å². The molecule has 18 nitrogen and oxygen atoms in total. The van der Waals surface area contributed by atoms with Crippen LogP contribution in [0.15, 0.2) is 39.6 Å². The number of aliphatic carboxylic acids is 1. The van der Waals surface area contributed by atoms with Gasteiger partial charge in [0.15, 0.2) is 10.8 Å². The van der Waals surface area contributed by atoms with Gasteiger partial charge in [0.05, 0.1) is 13.1 Å². The molecule has 0 bridgehead atoms. The summed E-state index contributed by atoms with van der Waals surface area (Å²) in [7, 11) is 0. The minimum Gasteiger partial charge on any atom is -0.477 e. The number of nitrogens with zero attached hydrogens (tertiary/aromatic N) is 7. The summed E-state index contributed by atoms with van der Waals surface area (Å²) in [6.07, 6.45) is 1.38. The number of ether oxygens (including phenoxy) is 1. The van der Waals surface area contributed by atoms with Gasteiger partial charge < -0.3 is 30.6 Å². The molecule has 2 aromatic heterocycles. The fourth-order valence-electron chi connectivity index (χ4n) is 4.02. The fourth-order valence-corrected chi connectivity index (χ4v) is 7.05. The molecule has 0 radical (unpaired) electrons. The number of anilines is 1. The van der Waals surface area contributed by atoms with Crippen molar-refractivity contribution < 1.29 is 38.7 Å². The van der Waals surface area contributed by atoms with Crippen molar-refractivity contribution in [2.75, 3.05) is 30.0 Å². The number of nitrogens with one attached hydrogen (secondary N) is 3. The molecule has 2 aliphatic heterocycles. The number of oxime groups is 1. The molecule has 4 heterocycles. The zero-order chi connectivity index (χ0) is 33.4. The van der Waals surface area contributed by atoms with Crippen molar-refractivity contribution in [3.63, 3.8) is 0 Å². The molecule has 4 N–H and O–H groups in total. The predicted molar refractivity (Wildman–Crippen MR) is 167 cm³/mol. The number of tetrazole rings is 1. The molecule has 21 heteroatoms. The SMILES string of the molecule is C=CCn1nnnc1SCC1=C(C(=O)O)N2C(=O)C(NC(=O)/C(=N/OCCNC(=O)OC(C)(C)C)c3csc(NC=O)n3)[C@H]2SC1. The number of β-lactam (4-membered cyclic amide) rings is 1. The normalized spacial score (nSPS) is 17.8. The van der Waals surface area contributed by atoms with E-state index in [9.17, 15) is 29.1 Å². The minimum absolute atomic E-state index is 0.00516. The Balaban J connectivity index is 1.44. The van der Waals surface area contributed by atoms with Crippen LogP contribution >= 0.6 is 34.9 Å². The minimum atomic E-state index is -1.28. The van der Waals surface area contributed by atoms with Crippen LogP contribution in [-0.4, -0.2) is 113 Å². The zero-order valence-corrected chi connectivity index (χ0v) is 27.2. The van der Waals surface area contributed by atoms with Gasteiger partial charge in [-0.15, -0.1) is 34.8 Å². The first-order valence-electron chi connectivity index (χ1n) is 13.5. The van der Waals surface area contributed by atoms with Gasteiger partial charge in [0, 0.05) is 16.9 Å². The predicted octanol–water partition coefficient (Wildman–Crippen LogP) is 0.660. The number of hydrogen-bond acceptors (Lipinski definition) is 15. The topological polar surface area (TPSA) is 232 Å². The molecule has 0 saturated carbocycles. The third kappa shape index (κ3) is 8.40. The van der Waals surface area contributed by atoms with Crippen LogP contribution in [0.25, 0.3) is 0 Å². The van der Waals surface area contributed by atoms with Crippen LogP contribution in [0.1, 0.15) is 26.5 Å². The van der Waals surface area contributed by atoms with Crippen LogP contribution < -0.4 is 16.0 Å². The number of amides is 4. The number of aromatic nitrogens is 5. The van der Waals surface area contributed by atoms with E-state index in [2.05, 4.69) is 48.2 Å². The summed E-state index contributed by atoms with van der Waals surface area (Å²) < 4.78 is 6.66. The lowest BCUT2D eigenvalue weighted by Crippen LogP contribution is -2.71. The van der Waals surface area contributed by atoms with E-state index >= 15 is 0 Å². The molecule has 46 heavy (non-hydrogen) atoms. The van der Waals surface area contributed by atoms with Crippen LogP contribution in [0.4, 0.5) is 9.93 Å². The Morgan fingerprint density at radius 3 is 2.80 bits per heavy atom. The summed E-state index contributed by atoms with van der Waals surface area (Å²) in [6, 6.07) is -1.06. The van der Waals surface area contributed by atoms with Crippen molar-refractivity contribution in [3.05, 3.63) is 35.0 Å². The van der Waals surface area contributed by atoms with E-state index in [-0.39, 0.29) is 46.9 Å². The summed E-state index contributed by atoms with van der Waals surface area (Å²) in [5, 5.41) is 34.2. The van der Waals surface area contributed by atoms with Crippen molar-refractivity contribution in [2.24, 2.45) is 5.16 Å². The van der Waals surface area contributed by atoms with E-state index in [0.29, 0.717) is 23.7 Å². The van der Waals surface area contributed by atoms with Gasteiger partial charge >= 0.3 is 12.1 Å². The number of thioether (sulfide) groups is 2. The van der Waals surface area contributed by atoms with Crippen LogP contribution in [0.3, 0.4) is 0 Å². The average molecular weight is 695 g/mol. The second-order valence-electron chi connectivity index (χ2n) is 10.3. The largest absolute Gasteiger partial charge is 0.477 e. The van der Waals surface area contributed by atoms with E-state index in [1.54, 1.807) is 26.8 Å². The molecular formula is C25H30N10O8S3. The fraction of sp³-hybridized carbons (Fsp3) is 0.440. The number of rotatable bonds is 15. The molecule has 2 aromatic rings. The van der Waals surface area contributed by atoms with Gasteiger partial charge in [-0.25, -0.2) is 19.3 Å². The van der Waals surface area contributed by atoms with E-state index < -0.39 is 40.9 Å². The Morgan fingerprint density at radius 1 is 1.33 bits per heavy atom. The van der Waals surface area contributed by atoms with Gasteiger partial charge in [0.2, 0.25) is 11.6 Å². The number of alkyl carbamates (subject to hydrolysis) is 1. The van der Waals surface area contributed by atoms with Crippen molar-refractivity contribution in [3.8, 4) is 0 Å². The molecule has 0 aromatic carbocycles. The Hall–Kier alpha value is -4.50. The molecule has 2 aliphatic rings. The molecule has 1 saturated heterocycles. The second-order valence-corrected chi connectivity index (χ2v) is 13.2. The number of thiazole rings is 1. The molecule has 1 unspecified atom stereocenters. The lowest BCUT2D eigenvalue weighted by Gasteiger charge is -2.49. The number of fused-ring (bicyclic) bond motifs is 1. The number of carbonyl (C=O) groups is 5. The first-order valence-corrected chi connectivity index (χ1v) is 16.4. The number of allylic oxidation sites excluding steroid dienone is 1. The Labute approximate surface area is 274 Å². The number of hydrogen-bond donors (Lipinski definition) is 4. The lowest BCUT2D eigenvalue weighted by atomic mass is 10.0. The first kappa shape index (κ1) is 34.4. The quantitative estimate of drug-likeness (QED) is 0.0382. The summed E-state index contributed by atoms with van der Waals surface area (Å²) in [5.74, 6) is -2.22. The van der Waals surface area contributed by atoms with Gasteiger partial charge in [-0.05, 0) is 36.8 Å². The Morgan fingerprint density at radius 2 is 2.11 bits per heavy atom. The van der Waals surface area contributed by atoms with Crippen molar-refractivity contribution in [2.45, 2.75) is 49.5 Å². The van der Waals surface area contributed by atoms with Crippen molar-refractivity contribution in [1.29, 1.82) is 0 Å². The molecule has 2 atom stereocenters. The summed E-state index contributed by atoms with van der Waals surface area (Å²) in [4.78, 5) is 72.1. The van der Waals surface area contributed by atoms with Crippen LogP contribution in [-0.2, 0) is 35.3 Å². The highest BCUT2D eigenvalue weighted by Gasteiger charge is 2.54. The molecule has 0 aliphatic carbocycles. The summed E-state index contributed by atoms with van der Waals surface area (Å²) >= 11 is 3.55.